The summed E-state index contributed by atoms with van der Waals surface area (Å²) >= 11 is 7.04. The first-order valence-corrected chi connectivity index (χ1v) is 8.42. The number of nitrogens with zero attached hydrogens (tertiary/aromatic N) is 1. The van der Waals surface area contributed by atoms with E-state index in [-0.39, 0.29) is 22.5 Å². The Morgan fingerprint density at radius 3 is 2.87 bits per heavy atom. The number of hydrogen-bond donors (Lipinski definition) is 1. The first-order chi connectivity index (χ1) is 11.1. The van der Waals surface area contributed by atoms with Gasteiger partial charge in [-0.15, -0.1) is 11.3 Å². The van der Waals surface area contributed by atoms with Gasteiger partial charge in [-0.1, -0.05) is 17.7 Å². The van der Waals surface area contributed by atoms with Crippen LogP contribution in [0.15, 0.2) is 35.7 Å². The second kappa shape index (κ2) is 6.68. The third-order valence-corrected chi connectivity index (χ3v) is 4.83. The zero-order valence-electron chi connectivity index (χ0n) is 12.1. The quantitative estimate of drug-likeness (QED) is 0.913. The van der Waals surface area contributed by atoms with Crippen LogP contribution >= 0.6 is 22.9 Å². The SMILES string of the molecule is O=C(Nc1ccc(Cl)cc1F)[C@H]1CCCN1C(=O)c1cccs1. The summed E-state index contributed by atoms with van der Waals surface area (Å²) in [5.74, 6) is -1.14. The molecule has 23 heavy (non-hydrogen) atoms. The Kier molecular flexibility index (Phi) is 4.63. The van der Waals surface area contributed by atoms with Crippen LogP contribution in [0.25, 0.3) is 0 Å². The predicted octanol–water partition coefficient (Wildman–Crippen LogP) is 3.78. The van der Waals surface area contributed by atoms with Crippen LogP contribution in [-0.2, 0) is 4.79 Å². The van der Waals surface area contributed by atoms with E-state index in [1.807, 2.05) is 5.38 Å². The molecule has 0 radical (unpaired) electrons. The van der Waals surface area contributed by atoms with Crippen LogP contribution in [-0.4, -0.2) is 29.3 Å². The van der Waals surface area contributed by atoms with E-state index in [2.05, 4.69) is 5.32 Å². The molecular formula is C16H14ClFN2O2S. The van der Waals surface area contributed by atoms with Gasteiger partial charge >= 0.3 is 0 Å². The largest absolute Gasteiger partial charge is 0.326 e. The Balaban J connectivity index is 1.74. The lowest BCUT2D eigenvalue weighted by Crippen LogP contribution is -2.43. The fourth-order valence-corrected chi connectivity index (χ4v) is 3.47. The normalized spacial score (nSPS) is 17.3. The van der Waals surface area contributed by atoms with Crippen molar-refractivity contribution < 1.29 is 14.0 Å². The Morgan fingerprint density at radius 2 is 2.17 bits per heavy atom. The van der Waals surface area contributed by atoms with Crippen molar-refractivity contribution in [2.75, 3.05) is 11.9 Å². The van der Waals surface area contributed by atoms with Gasteiger partial charge in [0.2, 0.25) is 5.91 Å². The van der Waals surface area contributed by atoms with Crippen molar-refractivity contribution >= 4 is 40.4 Å². The van der Waals surface area contributed by atoms with Crippen molar-refractivity contribution in [2.45, 2.75) is 18.9 Å². The molecule has 1 aromatic carbocycles. The number of rotatable bonds is 3. The molecule has 7 heteroatoms. The van der Waals surface area contributed by atoms with E-state index >= 15 is 0 Å². The van der Waals surface area contributed by atoms with Gasteiger partial charge in [0.05, 0.1) is 10.6 Å². The second-order valence-electron chi connectivity index (χ2n) is 5.25. The lowest BCUT2D eigenvalue weighted by Gasteiger charge is -2.23. The zero-order valence-corrected chi connectivity index (χ0v) is 13.7. The van der Waals surface area contributed by atoms with Gasteiger partial charge in [-0.25, -0.2) is 4.39 Å². The van der Waals surface area contributed by atoms with Crippen molar-refractivity contribution in [3.63, 3.8) is 0 Å². The maximum absolute atomic E-state index is 13.8. The van der Waals surface area contributed by atoms with E-state index in [0.29, 0.717) is 17.8 Å². The van der Waals surface area contributed by atoms with Crippen molar-refractivity contribution in [3.8, 4) is 0 Å². The molecule has 1 atom stereocenters. The van der Waals surface area contributed by atoms with E-state index in [1.54, 1.807) is 17.0 Å². The maximum Gasteiger partial charge on any atom is 0.264 e. The molecular weight excluding hydrogens is 339 g/mol. The standard InChI is InChI=1S/C16H14ClFN2O2S/c17-10-5-6-12(11(18)9-10)19-15(21)13-3-1-7-20(13)16(22)14-4-2-8-23-14/h2,4-6,8-9,13H,1,3,7H2,(H,19,21)/t13-/m1/s1. The molecule has 0 aliphatic carbocycles. The molecule has 2 aromatic rings. The fourth-order valence-electron chi connectivity index (χ4n) is 2.63. The molecule has 2 amide bonds. The molecule has 1 aliphatic rings. The summed E-state index contributed by atoms with van der Waals surface area (Å²) in [4.78, 5) is 27.0. The molecule has 4 nitrogen and oxygen atoms in total. The van der Waals surface area contributed by atoms with E-state index < -0.39 is 11.9 Å². The lowest BCUT2D eigenvalue weighted by atomic mass is 10.2. The summed E-state index contributed by atoms with van der Waals surface area (Å²) in [6.07, 6.45) is 1.32. The van der Waals surface area contributed by atoms with Crippen LogP contribution in [0.4, 0.5) is 10.1 Å². The maximum atomic E-state index is 13.8. The summed E-state index contributed by atoms with van der Waals surface area (Å²) in [5.41, 5.74) is 0.0647. The van der Waals surface area contributed by atoms with Gasteiger partial charge in [0.15, 0.2) is 0 Å². The average Bonchev–Trinajstić information content (AvgIpc) is 3.20. The van der Waals surface area contributed by atoms with E-state index in [4.69, 9.17) is 11.6 Å². The van der Waals surface area contributed by atoms with E-state index in [1.165, 1.54) is 23.5 Å². The number of benzene rings is 1. The number of likely N-dealkylation sites (tertiary alicyclic amines) is 1. The van der Waals surface area contributed by atoms with Gasteiger partial charge in [-0.2, -0.15) is 0 Å². The third kappa shape index (κ3) is 3.38. The monoisotopic (exact) mass is 352 g/mol. The topological polar surface area (TPSA) is 49.4 Å². The van der Waals surface area contributed by atoms with Crippen molar-refractivity contribution in [3.05, 3.63) is 51.4 Å². The van der Waals surface area contributed by atoms with Gasteiger partial charge in [-0.05, 0) is 42.5 Å². The summed E-state index contributed by atoms with van der Waals surface area (Å²) < 4.78 is 13.8. The van der Waals surface area contributed by atoms with Gasteiger partial charge in [-0.3, -0.25) is 9.59 Å². The molecule has 1 aromatic heterocycles. The van der Waals surface area contributed by atoms with Crippen LogP contribution in [0.2, 0.25) is 5.02 Å². The predicted molar refractivity (Wildman–Crippen MR) is 88.4 cm³/mol. The Morgan fingerprint density at radius 1 is 1.35 bits per heavy atom. The molecule has 1 aliphatic heterocycles. The first-order valence-electron chi connectivity index (χ1n) is 7.16. The molecule has 0 spiro atoms. The zero-order chi connectivity index (χ0) is 16.4. The number of carbonyl (C=O) groups excluding carboxylic acids is 2. The molecule has 0 saturated carbocycles. The molecule has 120 valence electrons. The molecule has 2 heterocycles. The number of thiophene rings is 1. The molecule has 3 rings (SSSR count). The van der Waals surface area contributed by atoms with Crippen molar-refractivity contribution in [1.82, 2.24) is 4.90 Å². The van der Waals surface area contributed by atoms with Crippen LogP contribution in [0.1, 0.15) is 22.5 Å². The minimum atomic E-state index is -0.597. The van der Waals surface area contributed by atoms with Crippen LogP contribution in [0.5, 0.6) is 0 Å². The Labute approximate surface area is 141 Å². The summed E-state index contributed by atoms with van der Waals surface area (Å²) in [6.45, 7) is 0.526. The van der Waals surface area contributed by atoms with E-state index in [9.17, 15) is 14.0 Å². The molecule has 0 unspecified atom stereocenters. The number of hydrogen-bond acceptors (Lipinski definition) is 3. The highest BCUT2D eigenvalue weighted by Gasteiger charge is 2.35. The molecule has 1 N–H and O–H groups in total. The smallest absolute Gasteiger partial charge is 0.264 e. The lowest BCUT2D eigenvalue weighted by molar-refractivity contribution is -0.119. The van der Waals surface area contributed by atoms with Crippen LogP contribution in [0.3, 0.4) is 0 Å². The molecule has 0 bridgehead atoms. The summed E-state index contributed by atoms with van der Waals surface area (Å²) in [6, 6.07) is 7.00. The van der Waals surface area contributed by atoms with E-state index in [0.717, 1.165) is 12.5 Å². The number of anilines is 1. The minimum Gasteiger partial charge on any atom is -0.326 e. The van der Waals surface area contributed by atoms with Gasteiger partial charge in [0.25, 0.3) is 5.91 Å². The van der Waals surface area contributed by atoms with Gasteiger partial charge < -0.3 is 10.2 Å². The third-order valence-electron chi connectivity index (χ3n) is 3.74. The highest BCUT2D eigenvalue weighted by Crippen LogP contribution is 2.25. The highest BCUT2D eigenvalue weighted by atomic mass is 35.5. The van der Waals surface area contributed by atoms with Crippen LogP contribution < -0.4 is 5.32 Å². The molecule has 1 saturated heterocycles. The van der Waals surface area contributed by atoms with Crippen molar-refractivity contribution in [2.24, 2.45) is 0 Å². The fraction of sp³-hybridized carbons (Fsp3) is 0.250. The summed E-state index contributed by atoms with van der Waals surface area (Å²) in [7, 11) is 0. The Hall–Kier alpha value is -1.92. The minimum absolute atomic E-state index is 0.0647. The first kappa shape index (κ1) is 16.0. The summed E-state index contributed by atoms with van der Waals surface area (Å²) in [5, 5.41) is 4.63. The van der Waals surface area contributed by atoms with Gasteiger partial charge in [0.1, 0.15) is 11.9 Å². The Bertz CT molecular complexity index is 736. The second-order valence-corrected chi connectivity index (χ2v) is 6.63. The molecule has 1 fully saturated rings. The number of carbonyl (C=O) groups is 2. The average molecular weight is 353 g/mol. The number of nitrogens with one attached hydrogen (secondary N) is 1. The number of amides is 2. The number of halogens is 2. The highest BCUT2D eigenvalue weighted by molar-refractivity contribution is 7.12. The van der Waals surface area contributed by atoms with Gasteiger partial charge in [0, 0.05) is 11.6 Å². The van der Waals surface area contributed by atoms with Crippen molar-refractivity contribution in [1.29, 1.82) is 0 Å². The van der Waals surface area contributed by atoms with Crippen LogP contribution in [0, 0.1) is 5.82 Å².